The highest BCUT2D eigenvalue weighted by molar-refractivity contribution is 5.91. The lowest BCUT2D eigenvalue weighted by Crippen LogP contribution is -2.29. The van der Waals surface area contributed by atoms with Gasteiger partial charge in [0.15, 0.2) is 11.2 Å². The highest BCUT2D eigenvalue weighted by atomic mass is 15.3. The average Bonchev–Trinajstić information content (AvgIpc) is 3.10. The predicted molar refractivity (Wildman–Crippen MR) is 74.2 cm³/mol. The van der Waals surface area contributed by atoms with Gasteiger partial charge >= 0.3 is 5.82 Å². The first kappa shape index (κ1) is 10.1. The lowest BCUT2D eigenvalue weighted by atomic mass is 10.2. The number of hydrogen-bond donors (Lipinski definition) is 0. The van der Waals surface area contributed by atoms with Crippen molar-refractivity contribution in [2.24, 2.45) is 7.05 Å². The van der Waals surface area contributed by atoms with Gasteiger partial charge in [-0.25, -0.2) is 18.6 Å². The summed E-state index contributed by atoms with van der Waals surface area (Å²) in [4.78, 5) is 4.55. The molecule has 5 rings (SSSR count). The van der Waals surface area contributed by atoms with Gasteiger partial charge in [0.1, 0.15) is 12.1 Å². The molecule has 0 radical (unpaired) electrons. The molecule has 0 unspecified atom stereocenters. The monoisotopic (exact) mass is 262 g/mol. The van der Waals surface area contributed by atoms with Crippen molar-refractivity contribution in [1.29, 1.82) is 0 Å². The van der Waals surface area contributed by atoms with E-state index in [1.54, 1.807) is 0 Å². The van der Waals surface area contributed by atoms with Crippen LogP contribution in [0.15, 0.2) is 42.9 Å². The predicted octanol–water partition coefficient (Wildman–Crippen LogP) is 1.54. The second-order valence-corrected chi connectivity index (χ2v) is 5.20. The Morgan fingerprint density at radius 2 is 2.05 bits per heavy atom. The number of pyridine rings is 1. The van der Waals surface area contributed by atoms with Gasteiger partial charge in [0.2, 0.25) is 5.52 Å². The van der Waals surface area contributed by atoms with Crippen LogP contribution in [0.5, 0.6) is 0 Å². The van der Waals surface area contributed by atoms with E-state index in [2.05, 4.69) is 44.6 Å². The summed E-state index contributed by atoms with van der Waals surface area (Å²) in [5, 5.41) is 4.38. The van der Waals surface area contributed by atoms with Crippen molar-refractivity contribution in [2.45, 2.75) is 6.54 Å². The minimum absolute atomic E-state index is 0.882. The van der Waals surface area contributed by atoms with Gasteiger partial charge in [-0.2, -0.15) is 5.10 Å². The van der Waals surface area contributed by atoms with E-state index in [9.17, 15) is 0 Å². The number of aryl methyl sites for hydroxylation is 1. The third-order valence-electron chi connectivity index (χ3n) is 4.14. The van der Waals surface area contributed by atoms with Gasteiger partial charge in [0, 0.05) is 18.0 Å². The molecule has 0 fully saturated rings. The molecule has 0 atom stereocenters. The van der Waals surface area contributed by atoms with Gasteiger partial charge in [0.25, 0.3) is 0 Å². The molecule has 1 aliphatic rings. The summed E-state index contributed by atoms with van der Waals surface area (Å²) in [6.07, 6.45) is 5.77. The van der Waals surface area contributed by atoms with Crippen LogP contribution >= 0.6 is 0 Å². The Morgan fingerprint density at radius 3 is 3.00 bits per heavy atom. The van der Waals surface area contributed by atoms with Crippen LogP contribution in [0.4, 0.5) is 0 Å². The third-order valence-corrected chi connectivity index (χ3v) is 4.14. The van der Waals surface area contributed by atoms with Crippen molar-refractivity contribution in [2.75, 3.05) is 0 Å². The Morgan fingerprint density at radius 1 is 1.15 bits per heavy atom. The van der Waals surface area contributed by atoms with Gasteiger partial charge in [-0.05, 0) is 18.2 Å². The number of fused-ring (bicyclic) bond motifs is 7. The molecule has 5 heteroatoms. The Hall–Kier alpha value is -2.69. The number of aromatic nitrogens is 5. The molecule has 0 aliphatic carbocycles. The van der Waals surface area contributed by atoms with E-state index in [4.69, 9.17) is 0 Å². The zero-order chi connectivity index (χ0) is 13.3. The van der Waals surface area contributed by atoms with E-state index in [0.717, 1.165) is 17.8 Å². The van der Waals surface area contributed by atoms with Crippen LogP contribution in [0.1, 0.15) is 5.56 Å². The third kappa shape index (κ3) is 1.02. The Balaban J connectivity index is 1.98. The summed E-state index contributed by atoms with van der Waals surface area (Å²) in [6, 6.07) is 8.23. The smallest absolute Gasteiger partial charge is 0.248 e. The maximum atomic E-state index is 4.55. The van der Waals surface area contributed by atoms with Crippen molar-refractivity contribution in [3.63, 3.8) is 0 Å². The van der Waals surface area contributed by atoms with Gasteiger partial charge in [-0.15, -0.1) is 0 Å². The molecular formula is C15H12N5+. The minimum Gasteiger partial charge on any atom is -0.248 e. The number of hydrogen-bond acceptors (Lipinski definition) is 2. The normalized spacial score (nSPS) is 13.1. The number of nitrogens with zero attached hydrogens (tertiary/aromatic N) is 5. The van der Waals surface area contributed by atoms with Crippen molar-refractivity contribution in [3.05, 3.63) is 48.4 Å². The molecule has 1 aliphatic heterocycles. The maximum Gasteiger partial charge on any atom is 0.309 e. The van der Waals surface area contributed by atoms with E-state index < -0.39 is 0 Å². The standard InChI is InChI=1S/C15H12N5/c1-18-14-11-5-3-7-17-20(11)9-12(14)19-8-10-4-2-6-16-13(10)15(18)19/h2-7,9H,8H2,1H3/q+1. The number of rotatable bonds is 0. The lowest BCUT2D eigenvalue weighted by Gasteiger charge is -1.95. The van der Waals surface area contributed by atoms with Gasteiger partial charge in [-0.1, -0.05) is 6.07 Å². The van der Waals surface area contributed by atoms with Crippen LogP contribution in [-0.4, -0.2) is 19.2 Å². The summed E-state index contributed by atoms with van der Waals surface area (Å²) >= 11 is 0. The average molecular weight is 262 g/mol. The zero-order valence-corrected chi connectivity index (χ0v) is 11.0. The molecule has 0 bridgehead atoms. The largest absolute Gasteiger partial charge is 0.309 e. The summed E-state index contributed by atoms with van der Waals surface area (Å²) in [7, 11) is 2.10. The zero-order valence-electron chi connectivity index (χ0n) is 11.0. The highest BCUT2D eigenvalue weighted by Crippen LogP contribution is 2.32. The quantitative estimate of drug-likeness (QED) is 0.397. The van der Waals surface area contributed by atoms with Crippen LogP contribution in [0, 0.1) is 0 Å². The van der Waals surface area contributed by atoms with E-state index in [-0.39, 0.29) is 0 Å². The number of imidazole rings is 1. The van der Waals surface area contributed by atoms with Crippen molar-refractivity contribution in [3.8, 4) is 11.5 Å². The Labute approximate surface area is 114 Å². The first-order chi connectivity index (χ1) is 9.84. The molecule has 0 spiro atoms. The second-order valence-electron chi connectivity index (χ2n) is 5.20. The fraction of sp³-hybridized carbons (Fsp3) is 0.133. The highest BCUT2D eigenvalue weighted by Gasteiger charge is 2.35. The molecule has 20 heavy (non-hydrogen) atoms. The van der Waals surface area contributed by atoms with Crippen LogP contribution in [0.3, 0.4) is 0 Å². The maximum absolute atomic E-state index is 4.55. The molecule has 0 saturated heterocycles. The minimum atomic E-state index is 0.882. The topological polar surface area (TPSA) is 39.0 Å². The Kier molecular flexibility index (Phi) is 1.65. The van der Waals surface area contributed by atoms with E-state index in [0.29, 0.717) is 0 Å². The SMILES string of the molecule is C[n+]1c2n(c3cn4ncccc4c31)Cc1cccnc1-2. The van der Waals surface area contributed by atoms with E-state index in [1.807, 2.05) is 29.0 Å². The van der Waals surface area contributed by atoms with E-state index >= 15 is 0 Å². The molecule has 0 aromatic carbocycles. The second kappa shape index (κ2) is 3.25. The molecule has 96 valence electrons. The summed E-state index contributed by atoms with van der Waals surface area (Å²) in [5.74, 6) is 1.18. The fourth-order valence-electron chi connectivity index (χ4n) is 3.31. The van der Waals surface area contributed by atoms with Crippen LogP contribution in [-0.2, 0) is 13.6 Å². The summed E-state index contributed by atoms with van der Waals surface area (Å²) < 4.78 is 6.49. The van der Waals surface area contributed by atoms with Gasteiger partial charge in [-0.3, -0.25) is 0 Å². The van der Waals surface area contributed by atoms with E-state index in [1.165, 1.54) is 22.4 Å². The summed E-state index contributed by atoms with van der Waals surface area (Å²) in [5.41, 5.74) is 5.92. The molecule has 5 nitrogen and oxygen atoms in total. The van der Waals surface area contributed by atoms with Crippen molar-refractivity contribution >= 4 is 16.6 Å². The molecule has 4 aromatic rings. The van der Waals surface area contributed by atoms with Crippen molar-refractivity contribution in [1.82, 2.24) is 19.2 Å². The molecule has 0 N–H and O–H groups in total. The first-order valence-electron chi connectivity index (χ1n) is 6.63. The lowest BCUT2D eigenvalue weighted by molar-refractivity contribution is -0.633. The molecule has 4 aromatic heterocycles. The Bertz CT molecular complexity index is 992. The van der Waals surface area contributed by atoms with Crippen LogP contribution in [0.25, 0.3) is 28.1 Å². The van der Waals surface area contributed by atoms with Crippen LogP contribution in [0.2, 0.25) is 0 Å². The van der Waals surface area contributed by atoms with Gasteiger partial charge < -0.3 is 0 Å². The molecule has 0 saturated carbocycles. The molecule has 5 heterocycles. The van der Waals surface area contributed by atoms with Crippen molar-refractivity contribution < 1.29 is 4.57 Å². The molecular weight excluding hydrogens is 250 g/mol. The molecule has 0 amide bonds. The summed E-state index contributed by atoms with van der Waals surface area (Å²) in [6.45, 7) is 0.882. The first-order valence-corrected chi connectivity index (χ1v) is 6.63. The van der Waals surface area contributed by atoms with Gasteiger partial charge in [0.05, 0.1) is 13.2 Å². The fourth-order valence-corrected chi connectivity index (χ4v) is 3.31. The van der Waals surface area contributed by atoms with Crippen LogP contribution < -0.4 is 4.57 Å².